The zero-order chi connectivity index (χ0) is 39.2. The maximum atomic E-state index is 12.4. The number of hydrogen-bond acceptors (Lipinski definition) is 11. The highest BCUT2D eigenvalue weighted by molar-refractivity contribution is 5.69. The fourth-order valence-electron chi connectivity index (χ4n) is 7.69. The van der Waals surface area contributed by atoms with Crippen LogP contribution in [0.25, 0.3) is 0 Å². The number of nitrogens with zero attached hydrogens (tertiary/aromatic N) is 4. The van der Waals surface area contributed by atoms with Gasteiger partial charge in [-0.3, -0.25) is 9.80 Å². The molecule has 3 spiro atoms. The first-order chi connectivity index (χ1) is 26.2. The first-order valence-corrected chi connectivity index (χ1v) is 19.9. The molecule has 6 heterocycles. The molecule has 0 aliphatic carbocycles. The molecule has 8 rings (SSSR count). The number of rotatable bonds is 4. The first kappa shape index (κ1) is 41.3. The SMILES string of the molecule is CC(C)(C)OC(=O)N1CCN(Cc2ccccc2)C2(COC2)C1.CC(C)(C)OC(=O)N1CCNC2(COC2)C1.c1ccc(CN2CCNCC23COC3)cc1. The van der Waals surface area contributed by atoms with Crippen molar-refractivity contribution >= 4 is 12.2 Å². The van der Waals surface area contributed by atoms with Crippen LogP contribution in [0.1, 0.15) is 52.7 Å². The number of benzene rings is 2. The van der Waals surface area contributed by atoms with E-state index in [9.17, 15) is 9.59 Å². The van der Waals surface area contributed by atoms with Crippen LogP contribution in [0.4, 0.5) is 9.59 Å². The Morgan fingerprint density at radius 1 is 0.618 bits per heavy atom. The average Bonchev–Trinajstić information content (AvgIpc) is 3.10. The summed E-state index contributed by atoms with van der Waals surface area (Å²) in [6.07, 6.45) is -0.441. The molecule has 2 aromatic carbocycles. The summed E-state index contributed by atoms with van der Waals surface area (Å²) in [5.41, 5.74) is 2.00. The van der Waals surface area contributed by atoms with Gasteiger partial charge in [-0.15, -0.1) is 0 Å². The molecule has 2 amide bonds. The number of carbonyl (C=O) groups is 2. The molecule has 0 saturated carbocycles. The minimum atomic E-state index is -0.457. The van der Waals surface area contributed by atoms with Crippen LogP contribution in [0.5, 0.6) is 0 Å². The monoisotopic (exact) mass is 764 g/mol. The van der Waals surface area contributed by atoms with Crippen molar-refractivity contribution in [1.29, 1.82) is 0 Å². The van der Waals surface area contributed by atoms with Crippen LogP contribution < -0.4 is 10.6 Å². The molecule has 6 saturated heterocycles. The third kappa shape index (κ3) is 11.0. The van der Waals surface area contributed by atoms with E-state index in [1.54, 1.807) is 4.90 Å². The number of nitrogens with one attached hydrogen (secondary N) is 2. The molecule has 0 radical (unpaired) electrons. The van der Waals surface area contributed by atoms with Gasteiger partial charge >= 0.3 is 12.2 Å². The largest absolute Gasteiger partial charge is 0.444 e. The molecular formula is C42H64N6O7. The lowest BCUT2D eigenvalue weighted by molar-refractivity contribution is -0.170. The van der Waals surface area contributed by atoms with Gasteiger partial charge in [0, 0.05) is 72.0 Å². The fourth-order valence-corrected chi connectivity index (χ4v) is 7.69. The van der Waals surface area contributed by atoms with Crippen molar-refractivity contribution in [3.8, 4) is 0 Å². The van der Waals surface area contributed by atoms with Crippen molar-refractivity contribution in [1.82, 2.24) is 30.2 Å². The Morgan fingerprint density at radius 2 is 1.11 bits per heavy atom. The van der Waals surface area contributed by atoms with Crippen molar-refractivity contribution < 1.29 is 33.3 Å². The highest BCUT2D eigenvalue weighted by Gasteiger charge is 2.49. The summed E-state index contributed by atoms with van der Waals surface area (Å²) >= 11 is 0. The summed E-state index contributed by atoms with van der Waals surface area (Å²) in [6.45, 7) is 25.5. The van der Waals surface area contributed by atoms with Gasteiger partial charge in [0.15, 0.2) is 0 Å². The normalized spacial score (nSPS) is 22.9. The predicted molar refractivity (Wildman–Crippen MR) is 211 cm³/mol. The van der Waals surface area contributed by atoms with Gasteiger partial charge in [0.2, 0.25) is 0 Å². The standard InChI is InChI=1S/C18H26N2O3.C13H18N2O.C11H20N2O3/c1-17(2,3)23-16(21)19-9-10-20(18(12-19)13-22-14-18)11-15-7-5-4-6-8-15;1-2-4-12(5-3-1)8-15-7-6-14-9-13(15)10-16-11-13;1-10(2,3)16-9(14)13-5-4-12-11(6-13)7-15-8-11/h4-8H,9-14H2,1-3H3;1-5,14H,6-11H2;12H,4-8H2,1-3H3. The highest BCUT2D eigenvalue weighted by Crippen LogP contribution is 2.32. The molecule has 6 aliphatic heterocycles. The second-order valence-corrected chi connectivity index (χ2v) is 17.9. The van der Waals surface area contributed by atoms with Crippen molar-refractivity contribution in [2.24, 2.45) is 0 Å². The van der Waals surface area contributed by atoms with E-state index in [4.69, 9.17) is 23.7 Å². The Bertz CT molecular complexity index is 1540. The van der Waals surface area contributed by atoms with Crippen LogP contribution in [0, 0.1) is 0 Å². The van der Waals surface area contributed by atoms with E-state index in [0.717, 1.165) is 59.0 Å². The van der Waals surface area contributed by atoms with Crippen molar-refractivity contribution in [2.45, 2.75) is 82.5 Å². The smallest absolute Gasteiger partial charge is 0.410 e. The molecule has 304 valence electrons. The molecule has 2 aromatic rings. The van der Waals surface area contributed by atoms with Gasteiger partial charge in [0.05, 0.1) is 56.3 Å². The predicted octanol–water partition coefficient (Wildman–Crippen LogP) is 3.96. The Morgan fingerprint density at radius 3 is 1.56 bits per heavy atom. The Labute approximate surface area is 327 Å². The van der Waals surface area contributed by atoms with Crippen LogP contribution in [0.15, 0.2) is 60.7 Å². The van der Waals surface area contributed by atoms with E-state index < -0.39 is 11.2 Å². The van der Waals surface area contributed by atoms with Crippen molar-refractivity contribution in [2.75, 3.05) is 98.5 Å². The van der Waals surface area contributed by atoms with E-state index >= 15 is 0 Å². The van der Waals surface area contributed by atoms with Crippen LogP contribution >= 0.6 is 0 Å². The molecule has 13 nitrogen and oxygen atoms in total. The first-order valence-electron chi connectivity index (χ1n) is 19.9. The maximum Gasteiger partial charge on any atom is 0.410 e. The van der Waals surface area contributed by atoms with E-state index in [2.05, 4.69) is 75.0 Å². The quantitative estimate of drug-likeness (QED) is 0.472. The van der Waals surface area contributed by atoms with Gasteiger partial charge in [-0.25, -0.2) is 9.59 Å². The molecule has 6 fully saturated rings. The van der Waals surface area contributed by atoms with Crippen LogP contribution in [-0.2, 0) is 36.8 Å². The number of amides is 2. The molecule has 13 heteroatoms. The second-order valence-electron chi connectivity index (χ2n) is 17.9. The van der Waals surface area contributed by atoms with Gasteiger partial charge in [-0.2, -0.15) is 0 Å². The van der Waals surface area contributed by atoms with Crippen LogP contribution in [0.3, 0.4) is 0 Å². The average molecular weight is 765 g/mol. The third-order valence-electron chi connectivity index (χ3n) is 10.8. The minimum absolute atomic E-state index is 0.0187. The van der Waals surface area contributed by atoms with Crippen LogP contribution in [-0.4, -0.2) is 158 Å². The second kappa shape index (κ2) is 17.5. The summed E-state index contributed by atoms with van der Waals surface area (Å²) < 4.78 is 27.0. The van der Waals surface area contributed by atoms with E-state index in [1.807, 2.05) is 52.5 Å². The minimum Gasteiger partial charge on any atom is -0.444 e. The van der Waals surface area contributed by atoms with Crippen LogP contribution in [0.2, 0.25) is 0 Å². The fraction of sp³-hybridized carbons (Fsp3) is 0.667. The molecule has 6 aliphatic rings. The molecule has 55 heavy (non-hydrogen) atoms. The summed E-state index contributed by atoms with van der Waals surface area (Å²) in [4.78, 5) is 32.8. The van der Waals surface area contributed by atoms with E-state index in [-0.39, 0.29) is 28.8 Å². The zero-order valence-corrected chi connectivity index (χ0v) is 33.9. The summed E-state index contributed by atoms with van der Waals surface area (Å²) in [5.74, 6) is 0. The molecule has 0 aromatic heterocycles. The number of hydrogen-bond donors (Lipinski definition) is 2. The Kier molecular flexibility index (Phi) is 13.1. The molecule has 0 atom stereocenters. The topological polar surface area (TPSA) is 117 Å². The summed E-state index contributed by atoms with van der Waals surface area (Å²) in [5, 5.41) is 6.88. The maximum absolute atomic E-state index is 12.4. The molecule has 2 N–H and O–H groups in total. The Balaban J connectivity index is 0.000000144. The lowest BCUT2D eigenvalue weighted by Gasteiger charge is -2.55. The van der Waals surface area contributed by atoms with Crippen molar-refractivity contribution in [3.05, 3.63) is 71.8 Å². The lowest BCUT2D eigenvalue weighted by atomic mass is 9.91. The van der Waals surface area contributed by atoms with Gasteiger partial charge in [-0.1, -0.05) is 60.7 Å². The van der Waals surface area contributed by atoms with Crippen molar-refractivity contribution in [3.63, 3.8) is 0 Å². The lowest BCUT2D eigenvalue weighted by Crippen LogP contribution is -2.71. The van der Waals surface area contributed by atoms with E-state index in [1.165, 1.54) is 11.1 Å². The molecule has 0 unspecified atom stereocenters. The number of piperazine rings is 3. The number of carbonyl (C=O) groups excluding carboxylic acids is 2. The number of ether oxygens (including phenoxy) is 5. The molecule has 0 bridgehead atoms. The van der Waals surface area contributed by atoms with E-state index in [0.29, 0.717) is 52.6 Å². The van der Waals surface area contributed by atoms with Gasteiger partial charge in [-0.05, 0) is 52.7 Å². The molecular weight excluding hydrogens is 700 g/mol. The highest BCUT2D eigenvalue weighted by atomic mass is 16.6. The summed E-state index contributed by atoms with van der Waals surface area (Å²) in [6, 6.07) is 21.2. The van der Waals surface area contributed by atoms with Gasteiger partial charge in [0.25, 0.3) is 0 Å². The zero-order valence-electron chi connectivity index (χ0n) is 33.9. The summed E-state index contributed by atoms with van der Waals surface area (Å²) in [7, 11) is 0. The van der Waals surface area contributed by atoms with Gasteiger partial charge < -0.3 is 44.1 Å². The Hall–Kier alpha value is -3.30. The third-order valence-corrected chi connectivity index (χ3v) is 10.8. The van der Waals surface area contributed by atoms with Gasteiger partial charge in [0.1, 0.15) is 11.2 Å².